The fraction of sp³-hybridized carbons (Fsp3) is 0.714. The highest BCUT2D eigenvalue weighted by Gasteiger charge is 2.26. The van der Waals surface area contributed by atoms with Gasteiger partial charge in [0, 0.05) is 12.5 Å². The smallest absolute Gasteiger partial charge is 0.228 e. The van der Waals surface area contributed by atoms with Crippen LogP contribution in [0.2, 0.25) is 0 Å². The van der Waals surface area contributed by atoms with Crippen molar-refractivity contribution in [2.24, 2.45) is 5.92 Å². The van der Waals surface area contributed by atoms with E-state index in [-0.39, 0.29) is 6.54 Å². The van der Waals surface area contributed by atoms with Gasteiger partial charge in [0.15, 0.2) is 0 Å². The summed E-state index contributed by atoms with van der Waals surface area (Å²) in [6.07, 6.45) is -1.91. The minimum atomic E-state index is -4.24. The SMILES string of the molecule is CC1=C(C)C(CCCCNC(F)(F)F)C(C)=C1C. The summed E-state index contributed by atoms with van der Waals surface area (Å²) in [5, 5.41) is 1.56. The number of nitrogens with one attached hydrogen (secondary N) is 1. The first-order valence-corrected chi connectivity index (χ1v) is 6.41. The van der Waals surface area contributed by atoms with Crippen LogP contribution in [0, 0.1) is 5.92 Å². The lowest BCUT2D eigenvalue weighted by molar-refractivity contribution is -0.156. The van der Waals surface area contributed by atoms with E-state index in [1.165, 1.54) is 22.3 Å². The minimum Gasteiger partial charge on any atom is -0.228 e. The second-order valence-electron chi connectivity index (χ2n) is 5.09. The molecule has 0 aromatic rings. The molecule has 0 amide bonds. The molecule has 4 heteroatoms. The van der Waals surface area contributed by atoms with Crippen molar-refractivity contribution in [2.75, 3.05) is 6.54 Å². The quantitative estimate of drug-likeness (QED) is 0.564. The van der Waals surface area contributed by atoms with Gasteiger partial charge in [-0.25, -0.2) is 5.32 Å². The molecule has 0 spiro atoms. The van der Waals surface area contributed by atoms with E-state index in [1.54, 1.807) is 5.32 Å². The van der Waals surface area contributed by atoms with E-state index in [0.29, 0.717) is 12.3 Å². The lowest BCUT2D eigenvalue weighted by Gasteiger charge is -2.15. The van der Waals surface area contributed by atoms with Gasteiger partial charge in [-0.2, -0.15) is 13.2 Å². The second-order valence-corrected chi connectivity index (χ2v) is 5.09. The fourth-order valence-electron chi connectivity index (χ4n) is 2.58. The van der Waals surface area contributed by atoms with Gasteiger partial charge < -0.3 is 0 Å². The molecule has 0 unspecified atom stereocenters. The van der Waals surface area contributed by atoms with Crippen LogP contribution >= 0.6 is 0 Å². The Morgan fingerprint density at radius 2 is 1.44 bits per heavy atom. The van der Waals surface area contributed by atoms with E-state index in [0.717, 1.165) is 12.8 Å². The van der Waals surface area contributed by atoms with E-state index in [1.807, 2.05) is 0 Å². The molecule has 1 aliphatic carbocycles. The standard InChI is InChI=1S/C14H22F3N/c1-9-10(2)12(4)13(11(9)3)7-5-6-8-18-14(15,16)17/h13,18H,5-8H2,1-4H3. The molecule has 1 aliphatic rings. The van der Waals surface area contributed by atoms with Gasteiger partial charge in [-0.05, 0) is 51.7 Å². The van der Waals surface area contributed by atoms with Crippen molar-refractivity contribution in [3.8, 4) is 0 Å². The summed E-state index contributed by atoms with van der Waals surface area (Å²) in [6, 6.07) is 0. The maximum Gasteiger partial charge on any atom is 0.457 e. The predicted molar refractivity (Wildman–Crippen MR) is 68.1 cm³/mol. The third kappa shape index (κ3) is 3.87. The van der Waals surface area contributed by atoms with Crippen molar-refractivity contribution < 1.29 is 13.2 Å². The summed E-state index contributed by atoms with van der Waals surface area (Å²) in [5.74, 6) is 0.441. The molecule has 0 aliphatic heterocycles. The van der Waals surface area contributed by atoms with Gasteiger partial charge in [-0.1, -0.05) is 17.6 Å². The number of hydrogen-bond acceptors (Lipinski definition) is 1. The molecule has 0 fully saturated rings. The molecule has 0 saturated heterocycles. The van der Waals surface area contributed by atoms with E-state index in [2.05, 4.69) is 27.7 Å². The second kappa shape index (κ2) is 5.91. The molecule has 104 valence electrons. The number of hydrogen-bond donors (Lipinski definition) is 1. The topological polar surface area (TPSA) is 12.0 Å². The monoisotopic (exact) mass is 261 g/mol. The van der Waals surface area contributed by atoms with Crippen LogP contribution in [-0.2, 0) is 0 Å². The van der Waals surface area contributed by atoms with E-state index in [4.69, 9.17) is 0 Å². The average Bonchev–Trinajstić information content (AvgIpc) is 2.44. The molecule has 0 bridgehead atoms. The third-order valence-corrected chi connectivity index (χ3v) is 4.04. The summed E-state index contributed by atoms with van der Waals surface area (Å²) < 4.78 is 35.7. The normalized spacial score (nSPS) is 18.2. The number of rotatable bonds is 5. The number of unbranched alkanes of at least 4 members (excludes halogenated alkanes) is 1. The Morgan fingerprint density at radius 3 is 1.89 bits per heavy atom. The zero-order chi connectivity index (χ0) is 13.9. The molecule has 1 N–H and O–H groups in total. The maximum atomic E-state index is 11.9. The summed E-state index contributed by atoms with van der Waals surface area (Å²) >= 11 is 0. The molecule has 0 aromatic carbocycles. The molecule has 1 nitrogen and oxygen atoms in total. The molecule has 1 rings (SSSR count). The van der Waals surface area contributed by atoms with Gasteiger partial charge in [0.25, 0.3) is 0 Å². The van der Waals surface area contributed by atoms with Crippen LogP contribution in [0.5, 0.6) is 0 Å². The Morgan fingerprint density at radius 1 is 0.944 bits per heavy atom. The van der Waals surface area contributed by atoms with Gasteiger partial charge in [0.2, 0.25) is 0 Å². The van der Waals surface area contributed by atoms with Crippen molar-refractivity contribution in [3.05, 3.63) is 22.3 Å². The molecule has 0 radical (unpaired) electrons. The maximum absolute atomic E-state index is 11.9. The highest BCUT2D eigenvalue weighted by atomic mass is 19.4. The van der Waals surface area contributed by atoms with E-state index >= 15 is 0 Å². The van der Waals surface area contributed by atoms with Crippen LogP contribution in [0.4, 0.5) is 13.2 Å². The number of halogens is 3. The van der Waals surface area contributed by atoms with Crippen LogP contribution in [-0.4, -0.2) is 12.8 Å². The molecule has 18 heavy (non-hydrogen) atoms. The molecule has 0 heterocycles. The molecule has 0 atom stereocenters. The van der Waals surface area contributed by atoms with Crippen molar-refractivity contribution >= 4 is 0 Å². The fourth-order valence-corrected chi connectivity index (χ4v) is 2.58. The number of alkyl halides is 3. The molecule has 0 aromatic heterocycles. The van der Waals surface area contributed by atoms with E-state index in [9.17, 15) is 13.2 Å². The Labute approximate surface area is 107 Å². The first-order chi connectivity index (χ1) is 8.24. The Bertz CT molecular complexity index is 340. The van der Waals surface area contributed by atoms with Crippen molar-refractivity contribution in [2.45, 2.75) is 53.3 Å². The van der Waals surface area contributed by atoms with Gasteiger partial charge in [0.1, 0.15) is 0 Å². The van der Waals surface area contributed by atoms with E-state index < -0.39 is 6.30 Å². The lowest BCUT2D eigenvalue weighted by Crippen LogP contribution is -2.32. The highest BCUT2D eigenvalue weighted by molar-refractivity contribution is 5.46. The summed E-state index contributed by atoms with van der Waals surface area (Å²) in [6.45, 7) is 8.53. The predicted octanol–water partition coefficient (Wildman–Crippen LogP) is 4.57. The first-order valence-electron chi connectivity index (χ1n) is 6.41. The average molecular weight is 261 g/mol. The van der Waals surface area contributed by atoms with Crippen LogP contribution in [0.3, 0.4) is 0 Å². The summed E-state index contributed by atoms with van der Waals surface area (Å²) in [7, 11) is 0. The molecular formula is C14H22F3N. The van der Waals surface area contributed by atoms with Crippen molar-refractivity contribution in [3.63, 3.8) is 0 Å². The van der Waals surface area contributed by atoms with Crippen molar-refractivity contribution in [1.29, 1.82) is 0 Å². The zero-order valence-electron chi connectivity index (χ0n) is 11.5. The Kier molecular flexibility index (Phi) is 5.02. The summed E-state index contributed by atoms with van der Waals surface area (Å²) in [4.78, 5) is 0. The van der Waals surface area contributed by atoms with Gasteiger partial charge in [0.05, 0.1) is 0 Å². The minimum absolute atomic E-state index is 0.0136. The highest BCUT2D eigenvalue weighted by Crippen LogP contribution is 2.39. The summed E-state index contributed by atoms with van der Waals surface area (Å²) in [5.41, 5.74) is 5.47. The lowest BCUT2D eigenvalue weighted by atomic mass is 9.91. The van der Waals surface area contributed by atoms with Gasteiger partial charge in [-0.15, -0.1) is 0 Å². The van der Waals surface area contributed by atoms with Crippen molar-refractivity contribution in [1.82, 2.24) is 5.32 Å². The van der Waals surface area contributed by atoms with Crippen LogP contribution in [0.1, 0.15) is 47.0 Å². The van der Waals surface area contributed by atoms with Crippen LogP contribution in [0.15, 0.2) is 22.3 Å². The van der Waals surface area contributed by atoms with Gasteiger partial charge in [-0.3, -0.25) is 0 Å². The first kappa shape index (κ1) is 15.3. The molecular weight excluding hydrogens is 239 g/mol. The third-order valence-electron chi connectivity index (χ3n) is 4.04. The Balaban J connectivity index is 2.33. The number of allylic oxidation sites excluding steroid dienone is 4. The van der Waals surface area contributed by atoms with Crippen LogP contribution < -0.4 is 5.32 Å². The van der Waals surface area contributed by atoms with Gasteiger partial charge >= 0.3 is 6.30 Å². The Hall–Kier alpha value is -0.770. The molecule has 0 saturated carbocycles. The zero-order valence-corrected chi connectivity index (χ0v) is 11.5. The van der Waals surface area contributed by atoms with Crippen LogP contribution in [0.25, 0.3) is 0 Å². The largest absolute Gasteiger partial charge is 0.457 e.